The number of hydrogen-bond acceptors (Lipinski definition) is 4. The van der Waals surface area contributed by atoms with Gasteiger partial charge in [0, 0.05) is 27.6 Å². The molecule has 1 aromatic heterocycles. The Morgan fingerprint density at radius 2 is 1.93 bits per heavy atom. The van der Waals surface area contributed by atoms with Crippen molar-refractivity contribution in [2.24, 2.45) is 0 Å². The topological polar surface area (TPSA) is 63.2 Å². The molecule has 2 aromatic carbocycles. The summed E-state index contributed by atoms with van der Waals surface area (Å²) in [6.45, 7) is 1.85. The summed E-state index contributed by atoms with van der Waals surface area (Å²) in [6, 6.07) is 14.1. The number of benzene rings is 2. The molecule has 7 heteroatoms. The number of thiophene rings is 1. The highest BCUT2D eigenvalue weighted by molar-refractivity contribution is 7.91. The summed E-state index contributed by atoms with van der Waals surface area (Å²) in [5, 5.41) is 4.98. The van der Waals surface area contributed by atoms with Gasteiger partial charge in [0.1, 0.15) is 4.90 Å². The van der Waals surface area contributed by atoms with Crippen molar-refractivity contribution in [3.05, 3.63) is 74.9 Å². The van der Waals surface area contributed by atoms with Crippen LogP contribution >= 0.6 is 22.9 Å². The molecular formula is C20H16ClNO3S2. The number of sulfone groups is 1. The Balaban J connectivity index is 1.85. The molecule has 1 N–H and O–H groups in total. The Morgan fingerprint density at radius 3 is 2.67 bits per heavy atom. The van der Waals surface area contributed by atoms with E-state index in [1.807, 2.05) is 31.2 Å². The predicted octanol–water partition coefficient (Wildman–Crippen LogP) is 5.02. The van der Waals surface area contributed by atoms with Gasteiger partial charge in [-0.3, -0.25) is 4.79 Å². The Bertz CT molecular complexity index is 1150. The number of carbonyl (C=O) groups is 1. The molecule has 0 saturated carbocycles. The van der Waals surface area contributed by atoms with Crippen molar-refractivity contribution in [3.63, 3.8) is 0 Å². The fourth-order valence-corrected chi connectivity index (χ4v) is 6.52. The standard InChI is InChI=1S/C20H16ClNO3S2/c1-12-4-2-7-15(8-12)27(24,25)17-11-26-20-16(10-18(23)22-19(17)20)13-5-3-6-14(21)9-13/h2-9,11,16H,10H2,1H3,(H,22,23). The van der Waals surface area contributed by atoms with Crippen LogP contribution in [0, 0.1) is 6.92 Å². The average molecular weight is 418 g/mol. The molecule has 3 aromatic rings. The molecule has 27 heavy (non-hydrogen) atoms. The van der Waals surface area contributed by atoms with E-state index in [2.05, 4.69) is 5.32 Å². The summed E-state index contributed by atoms with van der Waals surface area (Å²) in [5.74, 6) is -0.412. The Kier molecular flexibility index (Phi) is 4.58. The molecular weight excluding hydrogens is 402 g/mol. The normalized spacial score (nSPS) is 16.7. The number of aryl methyl sites for hydroxylation is 1. The molecule has 1 atom stereocenters. The molecule has 0 fully saturated rings. The third kappa shape index (κ3) is 3.29. The zero-order valence-corrected chi connectivity index (χ0v) is 16.8. The lowest BCUT2D eigenvalue weighted by molar-refractivity contribution is -0.116. The highest BCUT2D eigenvalue weighted by atomic mass is 35.5. The molecule has 1 unspecified atom stereocenters. The van der Waals surface area contributed by atoms with Gasteiger partial charge in [0.05, 0.1) is 10.6 Å². The average Bonchev–Trinajstić information content (AvgIpc) is 3.05. The summed E-state index contributed by atoms with van der Waals surface area (Å²) in [7, 11) is -3.73. The second-order valence-electron chi connectivity index (χ2n) is 6.52. The molecule has 0 spiro atoms. The largest absolute Gasteiger partial charge is 0.324 e. The molecule has 0 saturated heterocycles. The maximum Gasteiger partial charge on any atom is 0.225 e. The molecule has 2 heterocycles. The van der Waals surface area contributed by atoms with Crippen molar-refractivity contribution in [1.29, 1.82) is 0 Å². The first-order chi connectivity index (χ1) is 12.9. The van der Waals surface area contributed by atoms with Crippen LogP contribution in [0.5, 0.6) is 0 Å². The third-order valence-corrected chi connectivity index (χ3v) is 7.85. The van der Waals surface area contributed by atoms with Crippen molar-refractivity contribution in [1.82, 2.24) is 0 Å². The number of rotatable bonds is 3. The molecule has 4 rings (SSSR count). The maximum absolute atomic E-state index is 13.2. The maximum atomic E-state index is 13.2. The Hall–Kier alpha value is -2.15. The van der Waals surface area contributed by atoms with E-state index < -0.39 is 9.84 Å². The summed E-state index contributed by atoms with van der Waals surface area (Å²) in [6.07, 6.45) is 0.262. The predicted molar refractivity (Wildman–Crippen MR) is 107 cm³/mol. The minimum Gasteiger partial charge on any atom is -0.324 e. The quantitative estimate of drug-likeness (QED) is 0.651. The van der Waals surface area contributed by atoms with Gasteiger partial charge in [-0.15, -0.1) is 11.3 Å². The lowest BCUT2D eigenvalue weighted by Gasteiger charge is -2.24. The van der Waals surface area contributed by atoms with E-state index in [4.69, 9.17) is 11.6 Å². The van der Waals surface area contributed by atoms with Crippen LogP contribution < -0.4 is 5.32 Å². The van der Waals surface area contributed by atoms with Gasteiger partial charge in [-0.25, -0.2) is 8.42 Å². The Labute approximate surface area is 166 Å². The van der Waals surface area contributed by atoms with E-state index >= 15 is 0 Å². The van der Waals surface area contributed by atoms with Crippen molar-refractivity contribution >= 4 is 44.4 Å². The van der Waals surface area contributed by atoms with Crippen LogP contribution in [-0.2, 0) is 14.6 Å². The zero-order valence-electron chi connectivity index (χ0n) is 14.4. The Morgan fingerprint density at radius 1 is 1.15 bits per heavy atom. The molecule has 0 radical (unpaired) electrons. The van der Waals surface area contributed by atoms with Gasteiger partial charge < -0.3 is 5.32 Å². The first-order valence-corrected chi connectivity index (χ1v) is 11.1. The van der Waals surface area contributed by atoms with E-state index in [1.54, 1.807) is 29.6 Å². The van der Waals surface area contributed by atoms with E-state index in [0.717, 1.165) is 16.0 Å². The van der Waals surface area contributed by atoms with Crippen molar-refractivity contribution < 1.29 is 13.2 Å². The SMILES string of the molecule is Cc1cccc(S(=O)(=O)c2csc3c2NC(=O)CC3c2cccc(Cl)c2)c1. The van der Waals surface area contributed by atoms with Gasteiger partial charge in [0.15, 0.2) is 0 Å². The second-order valence-corrected chi connectivity index (χ2v) is 9.78. The minimum absolute atomic E-state index is 0.146. The number of anilines is 1. The highest BCUT2D eigenvalue weighted by Gasteiger charge is 2.34. The van der Waals surface area contributed by atoms with Crippen molar-refractivity contribution in [2.45, 2.75) is 29.1 Å². The van der Waals surface area contributed by atoms with Crippen LogP contribution in [0.1, 0.15) is 28.3 Å². The molecule has 1 aliphatic heterocycles. The van der Waals surface area contributed by atoms with Gasteiger partial charge in [0.2, 0.25) is 15.7 Å². The van der Waals surface area contributed by atoms with Gasteiger partial charge in [0.25, 0.3) is 0 Å². The molecule has 1 amide bonds. The lowest BCUT2D eigenvalue weighted by atomic mass is 9.91. The van der Waals surface area contributed by atoms with E-state index in [-0.39, 0.29) is 28.0 Å². The number of nitrogens with one attached hydrogen (secondary N) is 1. The number of amides is 1. The van der Waals surface area contributed by atoms with Crippen LogP contribution in [-0.4, -0.2) is 14.3 Å². The summed E-state index contributed by atoms with van der Waals surface area (Å²) in [4.78, 5) is 13.5. The first kappa shape index (κ1) is 18.2. The summed E-state index contributed by atoms with van der Waals surface area (Å²) < 4.78 is 26.3. The van der Waals surface area contributed by atoms with Gasteiger partial charge in [-0.1, -0.05) is 35.9 Å². The number of carbonyl (C=O) groups excluding carboxylic acids is 1. The number of fused-ring (bicyclic) bond motifs is 1. The van der Waals surface area contributed by atoms with E-state index in [1.165, 1.54) is 11.3 Å². The molecule has 138 valence electrons. The molecule has 0 aliphatic carbocycles. The summed E-state index contributed by atoms with van der Waals surface area (Å²) in [5.41, 5.74) is 2.16. The number of hydrogen-bond donors (Lipinski definition) is 1. The number of halogens is 1. The van der Waals surface area contributed by atoms with Crippen molar-refractivity contribution in [3.8, 4) is 0 Å². The van der Waals surface area contributed by atoms with Gasteiger partial charge in [-0.2, -0.15) is 0 Å². The fraction of sp³-hybridized carbons (Fsp3) is 0.150. The summed E-state index contributed by atoms with van der Waals surface area (Å²) >= 11 is 7.46. The van der Waals surface area contributed by atoms with E-state index in [0.29, 0.717) is 10.7 Å². The van der Waals surface area contributed by atoms with Crippen molar-refractivity contribution in [2.75, 3.05) is 5.32 Å². The third-order valence-electron chi connectivity index (χ3n) is 4.60. The minimum atomic E-state index is -3.73. The van der Waals surface area contributed by atoms with Crippen LogP contribution in [0.15, 0.2) is 63.7 Å². The van der Waals surface area contributed by atoms with Crippen LogP contribution in [0.2, 0.25) is 5.02 Å². The second kappa shape index (κ2) is 6.78. The van der Waals surface area contributed by atoms with Crippen LogP contribution in [0.4, 0.5) is 5.69 Å². The van der Waals surface area contributed by atoms with Crippen LogP contribution in [0.3, 0.4) is 0 Å². The molecule has 0 bridgehead atoms. The first-order valence-electron chi connectivity index (χ1n) is 8.35. The van der Waals surface area contributed by atoms with Crippen LogP contribution in [0.25, 0.3) is 0 Å². The highest BCUT2D eigenvalue weighted by Crippen LogP contribution is 2.46. The van der Waals surface area contributed by atoms with Gasteiger partial charge in [-0.05, 0) is 42.3 Å². The fourth-order valence-electron chi connectivity index (χ4n) is 3.30. The molecule has 1 aliphatic rings. The lowest BCUT2D eigenvalue weighted by Crippen LogP contribution is -2.23. The monoisotopic (exact) mass is 417 g/mol. The smallest absolute Gasteiger partial charge is 0.225 e. The van der Waals surface area contributed by atoms with E-state index in [9.17, 15) is 13.2 Å². The zero-order chi connectivity index (χ0) is 19.2. The molecule has 4 nitrogen and oxygen atoms in total. The van der Waals surface area contributed by atoms with Gasteiger partial charge >= 0.3 is 0 Å².